The van der Waals surface area contributed by atoms with Crippen LogP contribution < -0.4 is 4.90 Å². The van der Waals surface area contributed by atoms with Gasteiger partial charge >= 0.3 is 0 Å². The Hall–Kier alpha value is -2.36. The van der Waals surface area contributed by atoms with E-state index in [9.17, 15) is 0 Å². The number of hydrogen-bond acceptors (Lipinski definition) is 8. The molecule has 0 radical (unpaired) electrons. The van der Waals surface area contributed by atoms with Gasteiger partial charge in [-0.2, -0.15) is 0 Å². The largest absolute Gasteiger partial charge is 0.345 e. The number of fused-ring (bicyclic) bond motifs is 1. The molecule has 1 atom stereocenters. The second-order valence-corrected chi connectivity index (χ2v) is 9.23. The maximum atomic E-state index is 4.82. The molecule has 7 nitrogen and oxygen atoms in total. The summed E-state index contributed by atoms with van der Waals surface area (Å²) in [6.45, 7) is 6.88. The summed E-state index contributed by atoms with van der Waals surface area (Å²) in [6.07, 6.45) is 0.992. The third kappa shape index (κ3) is 3.77. The van der Waals surface area contributed by atoms with Gasteiger partial charge in [0, 0.05) is 31.1 Å². The average Bonchev–Trinajstić information content (AvgIpc) is 3.51. The minimum Gasteiger partial charge on any atom is -0.345 e. The molecule has 1 saturated heterocycles. The number of aromatic nitrogens is 5. The van der Waals surface area contributed by atoms with Crippen molar-refractivity contribution in [1.29, 1.82) is 0 Å². The lowest BCUT2D eigenvalue weighted by Crippen LogP contribution is -2.48. The van der Waals surface area contributed by atoms with Crippen molar-refractivity contribution in [3.05, 3.63) is 52.5 Å². The minimum absolute atomic E-state index is 0.238. The highest BCUT2D eigenvalue weighted by Gasteiger charge is 2.29. The van der Waals surface area contributed by atoms with Gasteiger partial charge in [-0.1, -0.05) is 36.5 Å². The third-order valence-electron chi connectivity index (χ3n) is 5.44. The van der Waals surface area contributed by atoms with E-state index in [2.05, 4.69) is 74.0 Å². The molecule has 0 amide bonds. The normalized spacial score (nSPS) is 16.5. The van der Waals surface area contributed by atoms with Gasteiger partial charge in [-0.25, -0.2) is 9.67 Å². The van der Waals surface area contributed by atoms with E-state index in [1.807, 2.05) is 4.68 Å². The van der Waals surface area contributed by atoms with Crippen LogP contribution in [-0.2, 0) is 6.54 Å². The first-order valence-corrected chi connectivity index (χ1v) is 11.6. The summed E-state index contributed by atoms with van der Waals surface area (Å²) in [6, 6.07) is 12.8. The molecule has 29 heavy (non-hydrogen) atoms. The Bertz CT molecular complexity index is 1030. The number of benzene rings is 1. The lowest BCUT2D eigenvalue weighted by atomic mass is 10.1. The van der Waals surface area contributed by atoms with Crippen molar-refractivity contribution in [2.75, 3.05) is 31.1 Å². The van der Waals surface area contributed by atoms with Crippen LogP contribution >= 0.6 is 22.7 Å². The number of para-hydroxylation sites is 1. The van der Waals surface area contributed by atoms with E-state index in [-0.39, 0.29) is 6.04 Å². The van der Waals surface area contributed by atoms with Crippen molar-refractivity contribution < 1.29 is 0 Å². The number of piperazine rings is 1. The van der Waals surface area contributed by atoms with E-state index in [0.29, 0.717) is 0 Å². The molecular weight excluding hydrogens is 402 g/mol. The quantitative estimate of drug-likeness (QED) is 0.470. The first kappa shape index (κ1) is 18.7. The summed E-state index contributed by atoms with van der Waals surface area (Å²) in [4.78, 5) is 11.0. The molecule has 5 rings (SSSR count). The number of thiazole rings is 1. The summed E-state index contributed by atoms with van der Waals surface area (Å²) >= 11 is 3.52. The third-order valence-corrected chi connectivity index (χ3v) is 7.40. The number of anilines is 1. The van der Waals surface area contributed by atoms with Crippen LogP contribution in [0.25, 0.3) is 10.2 Å². The van der Waals surface area contributed by atoms with Crippen LogP contribution in [0.15, 0.2) is 41.8 Å². The fourth-order valence-electron chi connectivity index (χ4n) is 3.94. The first-order chi connectivity index (χ1) is 14.3. The van der Waals surface area contributed by atoms with Crippen molar-refractivity contribution in [2.45, 2.75) is 25.9 Å². The summed E-state index contributed by atoms with van der Waals surface area (Å²) in [5.74, 6) is 0.967. The molecule has 0 N–H and O–H groups in total. The van der Waals surface area contributed by atoms with Crippen molar-refractivity contribution >= 4 is 38.0 Å². The topological polar surface area (TPSA) is 63.0 Å². The molecule has 1 aliphatic heterocycles. The van der Waals surface area contributed by atoms with Crippen LogP contribution in [0.4, 0.5) is 5.13 Å². The Morgan fingerprint density at radius 3 is 2.69 bits per heavy atom. The highest BCUT2D eigenvalue weighted by Crippen LogP contribution is 2.31. The maximum Gasteiger partial charge on any atom is 0.186 e. The molecule has 3 aromatic heterocycles. The molecule has 0 spiro atoms. The zero-order valence-corrected chi connectivity index (χ0v) is 17.9. The van der Waals surface area contributed by atoms with E-state index >= 15 is 0 Å². The standard InChI is InChI=1S/C20H23N7S2/c1-2-17(19-22-23-24-27(19)14-15-6-5-13-28-15)25-9-11-26(12-10-25)20-21-16-7-3-4-8-18(16)29-20/h3-8,13,17H,2,9-12,14H2,1H3/t17-/m0/s1. The van der Waals surface area contributed by atoms with E-state index in [1.54, 1.807) is 22.7 Å². The lowest BCUT2D eigenvalue weighted by molar-refractivity contribution is 0.169. The van der Waals surface area contributed by atoms with Crippen LogP contribution in [0.5, 0.6) is 0 Å². The SMILES string of the molecule is CC[C@@H](c1nnnn1Cc1cccs1)N1CCN(c2nc3ccccc3s2)CC1. The van der Waals surface area contributed by atoms with Gasteiger partial charge in [0.25, 0.3) is 0 Å². The van der Waals surface area contributed by atoms with Crippen molar-refractivity contribution in [3.8, 4) is 0 Å². The van der Waals surface area contributed by atoms with Crippen LogP contribution in [0.2, 0.25) is 0 Å². The molecule has 4 heterocycles. The first-order valence-electron chi connectivity index (χ1n) is 9.95. The second kappa shape index (κ2) is 8.17. The van der Waals surface area contributed by atoms with Crippen LogP contribution in [0, 0.1) is 0 Å². The molecule has 1 fully saturated rings. The molecule has 1 aliphatic rings. The molecule has 9 heteroatoms. The minimum atomic E-state index is 0.238. The molecule has 0 aliphatic carbocycles. The van der Waals surface area contributed by atoms with Crippen LogP contribution in [0.3, 0.4) is 0 Å². The Kier molecular flexibility index (Phi) is 5.26. The summed E-state index contributed by atoms with van der Waals surface area (Å²) < 4.78 is 3.21. The number of thiophene rings is 1. The summed E-state index contributed by atoms with van der Waals surface area (Å²) in [5.41, 5.74) is 1.09. The molecule has 4 aromatic rings. The van der Waals surface area contributed by atoms with Gasteiger partial charge in [-0.15, -0.1) is 16.4 Å². The number of tetrazole rings is 1. The number of nitrogens with zero attached hydrogens (tertiary/aromatic N) is 7. The van der Waals surface area contributed by atoms with E-state index in [1.165, 1.54) is 9.58 Å². The van der Waals surface area contributed by atoms with Gasteiger partial charge in [0.15, 0.2) is 11.0 Å². The Morgan fingerprint density at radius 2 is 1.93 bits per heavy atom. The highest BCUT2D eigenvalue weighted by molar-refractivity contribution is 7.22. The fraction of sp³-hybridized carbons (Fsp3) is 0.400. The predicted octanol–water partition coefficient (Wildman–Crippen LogP) is 3.67. The van der Waals surface area contributed by atoms with Gasteiger partial charge in [0.05, 0.1) is 22.8 Å². The lowest BCUT2D eigenvalue weighted by Gasteiger charge is -2.38. The second-order valence-electron chi connectivity index (χ2n) is 7.19. The molecule has 0 saturated carbocycles. The maximum absolute atomic E-state index is 4.82. The monoisotopic (exact) mass is 425 g/mol. The smallest absolute Gasteiger partial charge is 0.186 e. The van der Waals surface area contributed by atoms with Crippen molar-refractivity contribution in [2.24, 2.45) is 0 Å². The Labute approximate surface area is 177 Å². The van der Waals surface area contributed by atoms with E-state index in [4.69, 9.17) is 4.98 Å². The number of rotatable bonds is 6. The Balaban J connectivity index is 1.29. The molecule has 150 valence electrons. The van der Waals surface area contributed by atoms with Crippen LogP contribution in [0.1, 0.15) is 30.1 Å². The van der Waals surface area contributed by atoms with E-state index in [0.717, 1.165) is 55.6 Å². The van der Waals surface area contributed by atoms with Gasteiger partial charge in [0.1, 0.15) is 0 Å². The van der Waals surface area contributed by atoms with Crippen LogP contribution in [-0.4, -0.2) is 56.3 Å². The zero-order chi connectivity index (χ0) is 19.6. The van der Waals surface area contributed by atoms with Gasteiger partial charge in [-0.3, -0.25) is 4.90 Å². The zero-order valence-electron chi connectivity index (χ0n) is 16.3. The predicted molar refractivity (Wildman–Crippen MR) is 118 cm³/mol. The molecule has 0 unspecified atom stereocenters. The number of hydrogen-bond donors (Lipinski definition) is 0. The summed E-state index contributed by atoms with van der Waals surface area (Å²) in [7, 11) is 0. The average molecular weight is 426 g/mol. The molecule has 0 bridgehead atoms. The highest BCUT2D eigenvalue weighted by atomic mass is 32.1. The van der Waals surface area contributed by atoms with Crippen molar-refractivity contribution in [3.63, 3.8) is 0 Å². The van der Waals surface area contributed by atoms with Gasteiger partial charge < -0.3 is 4.90 Å². The Morgan fingerprint density at radius 1 is 1.07 bits per heavy atom. The summed E-state index contributed by atoms with van der Waals surface area (Å²) in [5, 5.41) is 15.8. The van der Waals surface area contributed by atoms with Gasteiger partial charge in [0.2, 0.25) is 0 Å². The fourth-order valence-corrected chi connectivity index (χ4v) is 5.64. The molecular formula is C20H23N7S2. The van der Waals surface area contributed by atoms with Gasteiger partial charge in [-0.05, 0) is 40.4 Å². The van der Waals surface area contributed by atoms with Crippen molar-refractivity contribution in [1.82, 2.24) is 30.1 Å². The molecule has 1 aromatic carbocycles. The van der Waals surface area contributed by atoms with E-state index < -0.39 is 0 Å².